The van der Waals surface area contributed by atoms with Gasteiger partial charge >= 0.3 is 0 Å². The van der Waals surface area contributed by atoms with Crippen molar-refractivity contribution in [3.63, 3.8) is 0 Å². The van der Waals surface area contributed by atoms with Gasteiger partial charge in [0.05, 0.1) is 0 Å². The summed E-state index contributed by atoms with van der Waals surface area (Å²) in [5.74, 6) is 1.77. The van der Waals surface area contributed by atoms with Crippen molar-refractivity contribution in [2.45, 2.75) is 65.0 Å². The van der Waals surface area contributed by atoms with Crippen molar-refractivity contribution in [1.82, 2.24) is 10.2 Å². The molecule has 17 heavy (non-hydrogen) atoms. The first-order valence-corrected chi connectivity index (χ1v) is 7.68. The summed E-state index contributed by atoms with van der Waals surface area (Å²) in [4.78, 5) is 2.78. The zero-order chi connectivity index (χ0) is 12.3. The Balaban J connectivity index is 1.88. The third kappa shape index (κ3) is 3.45. The van der Waals surface area contributed by atoms with Crippen LogP contribution in [-0.4, -0.2) is 36.6 Å². The molecule has 2 fully saturated rings. The molecule has 100 valence electrons. The first-order valence-electron chi connectivity index (χ1n) is 7.68. The highest BCUT2D eigenvalue weighted by atomic mass is 15.2. The van der Waals surface area contributed by atoms with E-state index in [2.05, 4.69) is 31.0 Å². The van der Waals surface area contributed by atoms with Crippen LogP contribution in [0, 0.1) is 11.8 Å². The average Bonchev–Trinajstić information content (AvgIpc) is 2.39. The highest BCUT2D eigenvalue weighted by molar-refractivity contribution is 4.87. The molecule has 2 aliphatic rings. The van der Waals surface area contributed by atoms with Crippen LogP contribution in [0.4, 0.5) is 0 Å². The Labute approximate surface area is 107 Å². The van der Waals surface area contributed by atoms with Crippen LogP contribution in [0.1, 0.15) is 52.9 Å². The molecule has 1 saturated heterocycles. The van der Waals surface area contributed by atoms with Crippen molar-refractivity contribution in [1.29, 1.82) is 0 Å². The molecule has 2 heteroatoms. The molecule has 1 heterocycles. The van der Waals surface area contributed by atoms with Crippen LogP contribution in [0.15, 0.2) is 0 Å². The fraction of sp³-hybridized carbons (Fsp3) is 1.00. The van der Waals surface area contributed by atoms with Crippen LogP contribution in [0.2, 0.25) is 0 Å². The Morgan fingerprint density at radius 1 is 1.29 bits per heavy atom. The van der Waals surface area contributed by atoms with Crippen molar-refractivity contribution in [3.8, 4) is 0 Å². The smallest absolute Gasteiger partial charge is 0.0218 e. The lowest BCUT2D eigenvalue weighted by Gasteiger charge is -2.43. The van der Waals surface area contributed by atoms with Crippen LogP contribution in [0.5, 0.6) is 0 Å². The summed E-state index contributed by atoms with van der Waals surface area (Å²) >= 11 is 0. The molecule has 1 aliphatic heterocycles. The molecule has 0 spiro atoms. The molecule has 2 rings (SSSR count). The predicted octanol–water partition coefficient (Wildman–Crippen LogP) is 2.89. The van der Waals surface area contributed by atoms with Gasteiger partial charge < -0.3 is 5.32 Å². The molecule has 0 bridgehead atoms. The standard InChI is InChI=1S/C15H30N2/c1-4-13-6-5-7-14(10-13)17-9-8-16-15(11-17)12(2)3/h12-16H,4-11H2,1-3H3. The fourth-order valence-electron chi connectivity index (χ4n) is 3.55. The summed E-state index contributed by atoms with van der Waals surface area (Å²) in [6, 6.07) is 1.60. The van der Waals surface area contributed by atoms with E-state index < -0.39 is 0 Å². The molecular formula is C15H30N2. The quantitative estimate of drug-likeness (QED) is 0.813. The largest absolute Gasteiger partial charge is 0.311 e. The number of piperazine rings is 1. The van der Waals surface area contributed by atoms with E-state index in [4.69, 9.17) is 0 Å². The summed E-state index contributed by atoms with van der Waals surface area (Å²) in [6.45, 7) is 10.8. The van der Waals surface area contributed by atoms with E-state index in [0.29, 0.717) is 6.04 Å². The van der Waals surface area contributed by atoms with Gasteiger partial charge in [0.1, 0.15) is 0 Å². The molecular weight excluding hydrogens is 208 g/mol. The summed E-state index contributed by atoms with van der Waals surface area (Å²) in [7, 11) is 0. The Morgan fingerprint density at radius 2 is 2.12 bits per heavy atom. The Bertz CT molecular complexity index is 227. The van der Waals surface area contributed by atoms with E-state index in [1.54, 1.807) is 0 Å². The number of rotatable bonds is 3. The Hall–Kier alpha value is -0.0800. The van der Waals surface area contributed by atoms with Crippen LogP contribution in [0.3, 0.4) is 0 Å². The highest BCUT2D eigenvalue weighted by Crippen LogP contribution is 2.30. The number of nitrogens with one attached hydrogen (secondary N) is 1. The normalized spacial score (nSPS) is 36.4. The van der Waals surface area contributed by atoms with Gasteiger partial charge in [0.2, 0.25) is 0 Å². The van der Waals surface area contributed by atoms with E-state index >= 15 is 0 Å². The maximum Gasteiger partial charge on any atom is 0.0218 e. The Kier molecular flexibility index (Phi) is 4.87. The van der Waals surface area contributed by atoms with Crippen LogP contribution in [0.25, 0.3) is 0 Å². The van der Waals surface area contributed by atoms with E-state index in [0.717, 1.165) is 17.9 Å². The summed E-state index contributed by atoms with van der Waals surface area (Å²) in [5.41, 5.74) is 0. The lowest BCUT2D eigenvalue weighted by atomic mass is 9.83. The molecule has 3 unspecified atom stereocenters. The highest BCUT2D eigenvalue weighted by Gasteiger charge is 2.30. The van der Waals surface area contributed by atoms with E-state index in [-0.39, 0.29) is 0 Å². The van der Waals surface area contributed by atoms with Gasteiger partial charge in [-0.3, -0.25) is 4.90 Å². The maximum atomic E-state index is 3.67. The fourth-order valence-corrected chi connectivity index (χ4v) is 3.55. The van der Waals surface area contributed by atoms with Crippen LogP contribution >= 0.6 is 0 Å². The van der Waals surface area contributed by atoms with Gasteiger partial charge in [-0.2, -0.15) is 0 Å². The minimum atomic E-state index is 0.714. The topological polar surface area (TPSA) is 15.3 Å². The zero-order valence-corrected chi connectivity index (χ0v) is 11.9. The predicted molar refractivity (Wildman–Crippen MR) is 74.2 cm³/mol. The maximum absolute atomic E-state index is 3.67. The number of nitrogens with zero attached hydrogens (tertiary/aromatic N) is 1. The van der Waals surface area contributed by atoms with Gasteiger partial charge in [0.25, 0.3) is 0 Å². The van der Waals surface area contributed by atoms with Crippen LogP contribution in [-0.2, 0) is 0 Å². The lowest BCUT2D eigenvalue weighted by molar-refractivity contribution is 0.0855. The first-order chi connectivity index (χ1) is 8.20. The van der Waals surface area contributed by atoms with Gasteiger partial charge in [0, 0.05) is 31.7 Å². The van der Waals surface area contributed by atoms with Gasteiger partial charge in [-0.15, -0.1) is 0 Å². The number of hydrogen-bond acceptors (Lipinski definition) is 2. The Morgan fingerprint density at radius 3 is 2.82 bits per heavy atom. The second-order valence-electron chi connectivity index (χ2n) is 6.39. The molecule has 2 nitrogen and oxygen atoms in total. The molecule has 1 saturated carbocycles. The molecule has 0 aromatic rings. The van der Waals surface area contributed by atoms with Gasteiger partial charge in [-0.1, -0.05) is 40.0 Å². The first kappa shape index (κ1) is 13.4. The summed E-state index contributed by atoms with van der Waals surface area (Å²) < 4.78 is 0. The SMILES string of the molecule is CCC1CCCC(N2CCNC(C(C)C)C2)C1. The molecule has 1 aliphatic carbocycles. The monoisotopic (exact) mass is 238 g/mol. The van der Waals surface area contributed by atoms with Crippen molar-refractivity contribution in [3.05, 3.63) is 0 Å². The zero-order valence-electron chi connectivity index (χ0n) is 11.9. The summed E-state index contributed by atoms with van der Waals surface area (Å²) in [6.07, 6.45) is 7.23. The van der Waals surface area contributed by atoms with E-state index in [1.807, 2.05) is 0 Å². The molecule has 0 aromatic carbocycles. The average molecular weight is 238 g/mol. The molecule has 0 radical (unpaired) electrons. The number of hydrogen-bond donors (Lipinski definition) is 1. The minimum Gasteiger partial charge on any atom is -0.311 e. The van der Waals surface area contributed by atoms with Gasteiger partial charge in [0.15, 0.2) is 0 Å². The van der Waals surface area contributed by atoms with Crippen LogP contribution < -0.4 is 5.32 Å². The molecule has 1 N–H and O–H groups in total. The van der Waals surface area contributed by atoms with Gasteiger partial charge in [-0.05, 0) is 24.7 Å². The third-order valence-electron chi connectivity index (χ3n) is 4.89. The van der Waals surface area contributed by atoms with Crippen molar-refractivity contribution in [2.24, 2.45) is 11.8 Å². The minimum absolute atomic E-state index is 0.714. The lowest BCUT2D eigenvalue weighted by Crippen LogP contribution is -2.56. The van der Waals surface area contributed by atoms with E-state index in [1.165, 1.54) is 51.7 Å². The van der Waals surface area contributed by atoms with Crippen molar-refractivity contribution >= 4 is 0 Å². The molecule has 0 amide bonds. The van der Waals surface area contributed by atoms with E-state index in [9.17, 15) is 0 Å². The summed E-state index contributed by atoms with van der Waals surface area (Å²) in [5, 5.41) is 3.67. The van der Waals surface area contributed by atoms with Gasteiger partial charge in [-0.25, -0.2) is 0 Å². The van der Waals surface area contributed by atoms with Crippen molar-refractivity contribution in [2.75, 3.05) is 19.6 Å². The molecule has 0 aromatic heterocycles. The second kappa shape index (κ2) is 6.19. The third-order valence-corrected chi connectivity index (χ3v) is 4.89. The van der Waals surface area contributed by atoms with Crippen molar-refractivity contribution < 1.29 is 0 Å². The second-order valence-corrected chi connectivity index (χ2v) is 6.39. The molecule has 3 atom stereocenters.